The van der Waals surface area contributed by atoms with Crippen LogP contribution in [0.4, 0.5) is 5.88 Å². The van der Waals surface area contributed by atoms with Gasteiger partial charge in [-0.05, 0) is 17.5 Å². The van der Waals surface area contributed by atoms with Crippen molar-refractivity contribution in [1.82, 2.24) is 0 Å². The highest BCUT2D eigenvalue weighted by Crippen LogP contribution is 2.21. The molecule has 0 radical (unpaired) electrons. The summed E-state index contributed by atoms with van der Waals surface area (Å²) in [5, 5.41) is 2.05. The minimum absolute atomic E-state index is 0.0456. The second-order valence-electron chi connectivity index (χ2n) is 3.63. The van der Waals surface area contributed by atoms with Crippen LogP contribution >= 0.6 is 11.3 Å². The molecule has 0 aromatic carbocycles. The fraction of sp³-hybridized carbons (Fsp3) is 0.250. The Bertz CT molecular complexity index is 473. The van der Waals surface area contributed by atoms with Gasteiger partial charge in [0, 0.05) is 24.9 Å². The van der Waals surface area contributed by atoms with Crippen LogP contribution in [0.2, 0.25) is 0 Å². The Morgan fingerprint density at radius 2 is 2.25 bits per heavy atom. The van der Waals surface area contributed by atoms with Crippen LogP contribution in [-0.4, -0.2) is 12.8 Å². The third-order valence-corrected chi connectivity index (χ3v) is 3.15. The Morgan fingerprint density at radius 1 is 1.44 bits per heavy atom. The van der Waals surface area contributed by atoms with Gasteiger partial charge >= 0.3 is 0 Å². The molecule has 0 fully saturated rings. The molecule has 0 aliphatic rings. The minimum atomic E-state index is -0.0456. The quantitative estimate of drug-likeness (QED) is 0.763. The van der Waals surface area contributed by atoms with E-state index in [1.807, 2.05) is 29.5 Å². The Hall–Kier alpha value is -1.55. The molecule has 0 N–H and O–H groups in total. The lowest BCUT2D eigenvalue weighted by atomic mass is 10.3. The van der Waals surface area contributed by atoms with Crippen LogP contribution < -0.4 is 4.90 Å². The second kappa shape index (κ2) is 4.53. The molecule has 0 spiro atoms. The number of carbonyl (C=O) groups excluding carboxylic acids is 1. The Balaban J connectivity index is 2.08. The summed E-state index contributed by atoms with van der Waals surface area (Å²) in [5.41, 5.74) is 0. The largest absolute Gasteiger partial charge is 0.437 e. The standard InChI is InChI=1S/C12H13NO2S/c1-9(14)11-5-6-12(15-11)13(2)8-10-4-3-7-16-10/h3-7H,8H2,1-2H3. The van der Waals surface area contributed by atoms with Gasteiger partial charge in [0.25, 0.3) is 0 Å². The maximum Gasteiger partial charge on any atom is 0.196 e. The lowest BCUT2D eigenvalue weighted by molar-refractivity contribution is 0.0988. The zero-order valence-electron chi connectivity index (χ0n) is 9.27. The molecule has 4 heteroatoms. The van der Waals surface area contributed by atoms with Gasteiger partial charge in [-0.15, -0.1) is 11.3 Å². The number of Topliss-reactive ketones (excluding diaryl/α,β-unsaturated/α-hetero) is 1. The van der Waals surface area contributed by atoms with E-state index in [9.17, 15) is 4.79 Å². The molecular weight excluding hydrogens is 222 g/mol. The molecule has 84 valence electrons. The summed E-state index contributed by atoms with van der Waals surface area (Å²) in [4.78, 5) is 14.3. The predicted octanol–water partition coefficient (Wildman–Crippen LogP) is 3.18. The summed E-state index contributed by atoms with van der Waals surface area (Å²) in [5.74, 6) is 1.09. The van der Waals surface area contributed by atoms with E-state index in [4.69, 9.17) is 4.42 Å². The van der Waals surface area contributed by atoms with E-state index in [2.05, 4.69) is 6.07 Å². The number of carbonyl (C=O) groups is 1. The molecule has 0 aliphatic heterocycles. The maximum atomic E-state index is 11.1. The average molecular weight is 235 g/mol. The van der Waals surface area contributed by atoms with Crippen LogP contribution in [0, 0.1) is 0 Å². The van der Waals surface area contributed by atoms with Crippen molar-refractivity contribution in [1.29, 1.82) is 0 Å². The van der Waals surface area contributed by atoms with Gasteiger partial charge < -0.3 is 9.32 Å². The molecule has 2 heterocycles. The van der Waals surface area contributed by atoms with E-state index in [1.165, 1.54) is 11.8 Å². The van der Waals surface area contributed by atoms with E-state index in [0.717, 1.165) is 12.4 Å². The Kier molecular flexibility index (Phi) is 3.10. The normalized spacial score (nSPS) is 10.4. The number of hydrogen-bond donors (Lipinski definition) is 0. The molecule has 0 bridgehead atoms. The number of rotatable bonds is 4. The van der Waals surface area contributed by atoms with Crippen molar-refractivity contribution in [3.63, 3.8) is 0 Å². The monoisotopic (exact) mass is 235 g/mol. The van der Waals surface area contributed by atoms with Crippen molar-refractivity contribution >= 4 is 23.0 Å². The first-order valence-electron chi connectivity index (χ1n) is 5.01. The third kappa shape index (κ3) is 2.33. The summed E-state index contributed by atoms with van der Waals surface area (Å²) < 4.78 is 5.44. The first kappa shape index (κ1) is 11.0. The van der Waals surface area contributed by atoms with Crippen LogP contribution in [0.15, 0.2) is 34.1 Å². The molecular formula is C12H13NO2S. The molecule has 2 aromatic heterocycles. The molecule has 2 aromatic rings. The Labute approximate surface area is 98.3 Å². The SMILES string of the molecule is CC(=O)c1ccc(N(C)Cc2cccs2)o1. The number of nitrogens with zero attached hydrogens (tertiary/aromatic N) is 1. The maximum absolute atomic E-state index is 11.1. The Morgan fingerprint density at radius 3 is 2.81 bits per heavy atom. The van der Waals surface area contributed by atoms with E-state index in [-0.39, 0.29) is 5.78 Å². The van der Waals surface area contributed by atoms with Gasteiger partial charge in [-0.25, -0.2) is 0 Å². The molecule has 2 rings (SSSR count). The molecule has 0 saturated heterocycles. The van der Waals surface area contributed by atoms with Gasteiger partial charge in [0.05, 0.1) is 6.54 Å². The predicted molar refractivity (Wildman–Crippen MR) is 65.1 cm³/mol. The van der Waals surface area contributed by atoms with Crippen LogP contribution in [-0.2, 0) is 6.54 Å². The molecule has 3 nitrogen and oxygen atoms in total. The number of hydrogen-bond acceptors (Lipinski definition) is 4. The van der Waals surface area contributed by atoms with Crippen molar-refractivity contribution in [2.24, 2.45) is 0 Å². The summed E-state index contributed by atoms with van der Waals surface area (Å²) in [6.45, 7) is 2.30. The topological polar surface area (TPSA) is 33.5 Å². The van der Waals surface area contributed by atoms with Crippen molar-refractivity contribution in [2.45, 2.75) is 13.5 Å². The van der Waals surface area contributed by atoms with Crippen LogP contribution in [0.3, 0.4) is 0 Å². The lowest BCUT2D eigenvalue weighted by Crippen LogP contribution is -2.14. The fourth-order valence-corrected chi connectivity index (χ4v) is 2.19. The highest BCUT2D eigenvalue weighted by molar-refractivity contribution is 7.09. The van der Waals surface area contributed by atoms with Gasteiger partial charge in [-0.2, -0.15) is 0 Å². The molecule has 0 amide bonds. The molecule has 0 unspecified atom stereocenters. The average Bonchev–Trinajstić information content (AvgIpc) is 2.86. The van der Waals surface area contributed by atoms with Crippen molar-refractivity contribution in [3.05, 3.63) is 40.3 Å². The van der Waals surface area contributed by atoms with Crippen LogP contribution in [0.1, 0.15) is 22.4 Å². The number of furan rings is 1. The smallest absolute Gasteiger partial charge is 0.196 e. The van der Waals surface area contributed by atoms with Gasteiger partial charge in [0.15, 0.2) is 17.4 Å². The first-order chi connectivity index (χ1) is 7.66. The highest BCUT2D eigenvalue weighted by Gasteiger charge is 2.10. The summed E-state index contributed by atoms with van der Waals surface area (Å²) in [7, 11) is 1.95. The second-order valence-corrected chi connectivity index (χ2v) is 4.66. The lowest BCUT2D eigenvalue weighted by Gasteiger charge is -2.14. The summed E-state index contributed by atoms with van der Waals surface area (Å²) in [6, 6.07) is 7.64. The van der Waals surface area contributed by atoms with E-state index in [0.29, 0.717) is 5.76 Å². The molecule has 0 saturated carbocycles. The zero-order chi connectivity index (χ0) is 11.5. The van der Waals surface area contributed by atoms with Crippen molar-refractivity contribution < 1.29 is 9.21 Å². The molecule has 0 aliphatic carbocycles. The van der Waals surface area contributed by atoms with Gasteiger partial charge in [-0.1, -0.05) is 6.07 Å². The van der Waals surface area contributed by atoms with Crippen molar-refractivity contribution in [2.75, 3.05) is 11.9 Å². The molecule has 16 heavy (non-hydrogen) atoms. The zero-order valence-corrected chi connectivity index (χ0v) is 10.1. The fourth-order valence-electron chi connectivity index (χ4n) is 1.44. The first-order valence-corrected chi connectivity index (χ1v) is 5.89. The highest BCUT2D eigenvalue weighted by atomic mass is 32.1. The van der Waals surface area contributed by atoms with E-state index in [1.54, 1.807) is 17.4 Å². The number of thiophene rings is 1. The number of ketones is 1. The third-order valence-electron chi connectivity index (χ3n) is 2.29. The van der Waals surface area contributed by atoms with Crippen LogP contribution in [0.5, 0.6) is 0 Å². The van der Waals surface area contributed by atoms with Crippen LogP contribution in [0.25, 0.3) is 0 Å². The van der Waals surface area contributed by atoms with Gasteiger partial charge in [0.2, 0.25) is 0 Å². The van der Waals surface area contributed by atoms with Crippen molar-refractivity contribution in [3.8, 4) is 0 Å². The summed E-state index contributed by atoms with van der Waals surface area (Å²) >= 11 is 1.71. The minimum Gasteiger partial charge on any atom is -0.437 e. The van der Waals surface area contributed by atoms with E-state index >= 15 is 0 Å². The summed E-state index contributed by atoms with van der Waals surface area (Å²) in [6.07, 6.45) is 0. The number of anilines is 1. The van der Waals surface area contributed by atoms with Gasteiger partial charge in [0.1, 0.15) is 0 Å². The molecule has 0 atom stereocenters. The van der Waals surface area contributed by atoms with Gasteiger partial charge in [-0.3, -0.25) is 4.79 Å². The van der Waals surface area contributed by atoms with E-state index < -0.39 is 0 Å².